The fourth-order valence-electron chi connectivity index (χ4n) is 3.75. The zero-order valence-corrected chi connectivity index (χ0v) is 15.1. The molecule has 0 bridgehead atoms. The number of aromatic nitrogens is 3. The largest absolute Gasteiger partial charge is 0.354 e. The molecule has 3 N–H and O–H groups in total. The number of aromatic amines is 2. The average molecular weight is 398 g/mol. The number of carbonyl (C=O) groups excluding carboxylic acids is 2. The summed E-state index contributed by atoms with van der Waals surface area (Å²) in [5.74, 6) is -3.97. The molecule has 1 atom stereocenters. The molecule has 2 aliphatic rings. The van der Waals surface area contributed by atoms with Crippen molar-refractivity contribution in [2.24, 2.45) is 0 Å². The lowest BCUT2D eigenvalue weighted by Crippen LogP contribution is -2.43. The predicted molar refractivity (Wildman–Crippen MR) is 93.1 cm³/mol. The molecule has 1 fully saturated rings. The summed E-state index contributed by atoms with van der Waals surface area (Å²) in [5.41, 5.74) is 2.54. The number of nitrogens with one attached hydrogen (secondary N) is 3. The first kappa shape index (κ1) is 18.0. The summed E-state index contributed by atoms with van der Waals surface area (Å²) in [4.78, 5) is 35.3. The lowest BCUT2D eigenvalue weighted by Gasteiger charge is -2.23. The summed E-state index contributed by atoms with van der Waals surface area (Å²) in [6.45, 7) is -0.747. The highest BCUT2D eigenvalue weighted by molar-refractivity contribution is 6.28. The third-order valence-electron chi connectivity index (χ3n) is 5.02. The minimum absolute atomic E-state index is 0.0594. The third-order valence-corrected chi connectivity index (χ3v) is 5.21. The quantitative estimate of drug-likeness (QED) is 0.738. The molecule has 0 aromatic carbocycles. The number of H-pyrrole nitrogens is 2. The van der Waals surface area contributed by atoms with Crippen LogP contribution in [0.4, 0.5) is 8.78 Å². The minimum atomic E-state index is -2.99. The van der Waals surface area contributed by atoms with E-state index >= 15 is 0 Å². The summed E-state index contributed by atoms with van der Waals surface area (Å²) in [6.07, 6.45) is 3.55. The van der Waals surface area contributed by atoms with Crippen LogP contribution in [0.2, 0.25) is 5.28 Å². The molecule has 1 unspecified atom stereocenters. The molecule has 2 amide bonds. The Morgan fingerprint density at radius 1 is 1.33 bits per heavy atom. The second-order valence-electron chi connectivity index (χ2n) is 6.99. The van der Waals surface area contributed by atoms with Gasteiger partial charge in [-0.05, 0) is 42.5 Å². The number of carbonyl (C=O) groups is 2. The van der Waals surface area contributed by atoms with E-state index in [0.717, 1.165) is 35.4 Å². The van der Waals surface area contributed by atoms with Gasteiger partial charge in [-0.2, -0.15) is 0 Å². The maximum atomic E-state index is 14.0. The molecule has 1 saturated heterocycles. The molecule has 0 spiro atoms. The third kappa shape index (κ3) is 3.55. The molecule has 0 saturated carbocycles. The number of rotatable bonds is 4. The highest BCUT2D eigenvalue weighted by atomic mass is 35.5. The van der Waals surface area contributed by atoms with Crippen LogP contribution in [0.15, 0.2) is 12.3 Å². The number of alkyl halides is 2. The van der Waals surface area contributed by atoms with E-state index in [4.69, 9.17) is 11.6 Å². The van der Waals surface area contributed by atoms with Gasteiger partial charge in [0.2, 0.25) is 5.28 Å². The molecule has 7 nitrogen and oxygen atoms in total. The van der Waals surface area contributed by atoms with E-state index < -0.39 is 36.7 Å². The van der Waals surface area contributed by atoms with Crippen molar-refractivity contribution in [3.8, 4) is 0 Å². The van der Waals surface area contributed by atoms with Crippen LogP contribution in [-0.4, -0.2) is 56.7 Å². The summed E-state index contributed by atoms with van der Waals surface area (Å²) >= 11 is 5.63. The zero-order chi connectivity index (χ0) is 19.2. The monoisotopic (exact) mass is 397 g/mol. The Morgan fingerprint density at radius 3 is 2.85 bits per heavy atom. The van der Waals surface area contributed by atoms with Gasteiger partial charge in [-0.25, -0.2) is 13.8 Å². The lowest BCUT2D eigenvalue weighted by molar-refractivity contribution is 0.0117. The first-order valence-electron chi connectivity index (χ1n) is 8.71. The predicted octanol–water partition coefficient (Wildman–Crippen LogP) is 2.16. The molecular formula is C17H18ClF2N5O2. The van der Waals surface area contributed by atoms with Gasteiger partial charge < -0.3 is 20.2 Å². The molecule has 27 heavy (non-hydrogen) atoms. The van der Waals surface area contributed by atoms with Crippen LogP contribution in [0.25, 0.3) is 0 Å². The first-order valence-corrected chi connectivity index (χ1v) is 9.08. The van der Waals surface area contributed by atoms with E-state index in [1.165, 1.54) is 6.20 Å². The van der Waals surface area contributed by atoms with Crippen LogP contribution >= 0.6 is 11.6 Å². The van der Waals surface area contributed by atoms with Crippen molar-refractivity contribution in [2.45, 2.75) is 37.6 Å². The standard InChI is InChI=1S/C17H18ClF2N5O2/c18-16-22-7-13(24-16)14(26)21-6-10-5-17(19,20)8-25(10)15(27)12-4-9-2-1-3-11(9)23-12/h4,7,10,23H,1-3,5-6,8H2,(H,21,26)(H,22,24). The van der Waals surface area contributed by atoms with Gasteiger partial charge in [0.15, 0.2) is 0 Å². The minimum Gasteiger partial charge on any atom is -0.354 e. The van der Waals surface area contributed by atoms with Crippen molar-refractivity contribution in [1.82, 2.24) is 25.2 Å². The Bertz CT molecular complexity index is 872. The van der Waals surface area contributed by atoms with Gasteiger partial charge in [-0.1, -0.05) is 0 Å². The van der Waals surface area contributed by atoms with E-state index in [-0.39, 0.29) is 17.5 Å². The molecule has 4 rings (SSSR count). The van der Waals surface area contributed by atoms with E-state index in [9.17, 15) is 18.4 Å². The Hall–Kier alpha value is -2.42. The maximum Gasteiger partial charge on any atom is 0.270 e. The van der Waals surface area contributed by atoms with Gasteiger partial charge in [0.25, 0.3) is 17.7 Å². The Balaban J connectivity index is 1.46. The topological polar surface area (TPSA) is 93.9 Å². The fraction of sp³-hybridized carbons (Fsp3) is 0.471. The first-order chi connectivity index (χ1) is 12.8. The molecular weight excluding hydrogens is 380 g/mol. The number of hydrogen-bond donors (Lipinski definition) is 3. The van der Waals surface area contributed by atoms with E-state index in [0.29, 0.717) is 5.69 Å². The molecule has 3 heterocycles. The number of halogens is 3. The van der Waals surface area contributed by atoms with Crippen molar-refractivity contribution in [3.63, 3.8) is 0 Å². The zero-order valence-electron chi connectivity index (χ0n) is 14.3. The van der Waals surface area contributed by atoms with Gasteiger partial charge in [0.05, 0.1) is 18.8 Å². The lowest BCUT2D eigenvalue weighted by atomic mass is 10.2. The number of imidazole rings is 1. The van der Waals surface area contributed by atoms with Gasteiger partial charge in [-0.3, -0.25) is 9.59 Å². The van der Waals surface area contributed by atoms with Crippen molar-refractivity contribution in [2.75, 3.05) is 13.1 Å². The summed E-state index contributed by atoms with van der Waals surface area (Å²) < 4.78 is 28.0. The van der Waals surface area contributed by atoms with Crippen molar-refractivity contribution >= 4 is 23.4 Å². The normalized spacial score (nSPS) is 20.7. The van der Waals surface area contributed by atoms with Crippen LogP contribution in [0.3, 0.4) is 0 Å². The molecule has 2 aromatic rings. The smallest absolute Gasteiger partial charge is 0.270 e. The Morgan fingerprint density at radius 2 is 2.15 bits per heavy atom. The molecule has 10 heteroatoms. The van der Waals surface area contributed by atoms with Crippen LogP contribution in [-0.2, 0) is 12.8 Å². The summed E-state index contributed by atoms with van der Waals surface area (Å²) in [6, 6.07) is 0.955. The van der Waals surface area contributed by atoms with Crippen molar-refractivity contribution in [1.29, 1.82) is 0 Å². The highest BCUT2D eigenvalue weighted by Gasteiger charge is 2.47. The van der Waals surface area contributed by atoms with Crippen LogP contribution in [0.1, 0.15) is 45.1 Å². The van der Waals surface area contributed by atoms with E-state index in [2.05, 4.69) is 20.3 Å². The number of fused-ring (bicyclic) bond motifs is 1. The Kier molecular flexibility index (Phi) is 4.41. The van der Waals surface area contributed by atoms with E-state index in [1.807, 2.05) is 0 Å². The van der Waals surface area contributed by atoms with Crippen LogP contribution in [0, 0.1) is 0 Å². The molecule has 2 aromatic heterocycles. The van der Waals surface area contributed by atoms with E-state index in [1.54, 1.807) is 6.07 Å². The van der Waals surface area contributed by atoms with Crippen LogP contribution < -0.4 is 5.32 Å². The van der Waals surface area contributed by atoms with Crippen molar-refractivity contribution in [3.05, 3.63) is 40.2 Å². The SMILES string of the molecule is O=C(NCC1CC(F)(F)CN1C(=O)c1cc2c([nH]1)CCC2)c1cnc(Cl)[nH]1. The second kappa shape index (κ2) is 6.63. The highest BCUT2D eigenvalue weighted by Crippen LogP contribution is 2.33. The van der Waals surface area contributed by atoms with Gasteiger partial charge in [-0.15, -0.1) is 0 Å². The second-order valence-corrected chi connectivity index (χ2v) is 7.34. The summed E-state index contributed by atoms with van der Waals surface area (Å²) in [5, 5.41) is 2.62. The molecule has 0 radical (unpaired) electrons. The average Bonchev–Trinajstić information content (AvgIpc) is 3.34. The Labute approximate surface area is 158 Å². The fourth-order valence-corrected chi connectivity index (χ4v) is 3.90. The van der Waals surface area contributed by atoms with Gasteiger partial charge >= 0.3 is 0 Å². The number of nitrogens with zero attached hydrogens (tertiary/aromatic N) is 2. The van der Waals surface area contributed by atoms with Crippen LogP contribution in [0.5, 0.6) is 0 Å². The number of likely N-dealkylation sites (tertiary alicyclic amines) is 1. The maximum absolute atomic E-state index is 14.0. The molecule has 1 aliphatic carbocycles. The van der Waals surface area contributed by atoms with Gasteiger partial charge in [0, 0.05) is 18.7 Å². The summed E-state index contributed by atoms with van der Waals surface area (Å²) in [7, 11) is 0. The number of hydrogen-bond acceptors (Lipinski definition) is 3. The number of amides is 2. The van der Waals surface area contributed by atoms with Crippen molar-refractivity contribution < 1.29 is 18.4 Å². The molecule has 1 aliphatic heterocycles. The molecule has 144 valence electrons. The van der Waals surface area contributed by atoms with Gasteiger partial charge in [0.1, 0.15) is 11.4 Å². The number of aryl methyl sites for hydroxylation is 2.